The summed E-state index contributed by atoms with van der Waals surface area (Å²) in [4.78, 5) is 27.0. The normalized spacial score (nSPS) is 19.2. The number of nitrogens with one attached hydrogen (secondary N) is 3. The third-order valence-electron chi connectivity index (χ3n) is 4.87. The van der Waals surface area contributed by atoms with Gasteiger partial charge in [0.2, 0.25) is 0 Å². The standard InChI is InChI=1S/C18H27N3O5S/c1-18(2)10-12-13(11-26-18)27-15(14(12)16(22)24-3)20-17(23)19-4-5-21-6-8-25-9-7-21/h4-11H2,1-3H3,(H2,19,20,23)/p+1. The molecule has 3 heterocycles. The SMILES string of the molecule is COC(=O)c1c(NC(=O)NCC[NH+]2CCOCC2)sc2c1CC(C)(C)OC2. The highest BCUT2D eigenvalue weighted by Crippen LogP contribution is 2.40. The molecule has 1 saturated heterocycles. The zero-order chi connectivity index (χ0) is 19.4. The van der Waals surface area contributed by atoms with Crippen molar-refractivity contribution in [1.29, 1.82) is 0 Å². The van der Waals surface area contributed by atoms with Crippen LogP contribution in [0.2, 0.25) is 0 Å². The fourth-order valence-electron chi connectivity index (χ4n) is 3.37. The van der Waals surface area contributed by atoms with Crippen molar-refractivity contribution in [1.82, 2.24) is 5.32 Å². The van der Waals surface area contributed by atoms with E-state index in [1.165, 1.54) is 23.3 Å². The van der Waals surface area contributed by atoms with Crippen LogP contribution in [-0.2, 0) is 27.2 Å². The molecule has 0 aromatic carbocycles. The van der Waals surface area contributed by atoms with Gasteiger partial charge in [0, 0.05) is 11.3 Å². The second-order valence-corrected chi connectivity index (χ2v) is 8.52. The first kappa shape index (κ1) is 20.1. The lowest BCUT2D eigenvalue weighted by Gasteiger charge is -2.30. The molecule has 1 aromatic rings. The Kier molecular flexibility index (Phi) is 6.36. The fourth-order valence-corrected chi connectivity index (χ4v) is 4.48. The predicted molar refractivity (Wildman–Crippen MR) is 102 cm³/mol. The Morgan fingerprint density at radius 2 is 2.04 bits per heavy atom. The molecule has 0 radical (unpaired) electrons. The number of urea groups is 1. The van der Waals surface area contributed by atoms with Crippen LogP contribution in [0.15, 0.2) is 0 Å². The third-order valence-corrected chi connectivity index (χ3v) is 5.99. The van der Waals surface area contributed by atoms with Crippen LogP contribution in [0, 0.1) is 0 Å². The van der Waals surface area contributed by atoms with Crippen LogP contribution in [0.5, 0.6) is 0 Å². The van der Waals surface area contributed by atoms with Crippen LogP contribution in [0.3, 0.4) is 0 Å². The molecule has 2 aliphatic heterocycles. The number of amides is 2. The largest absolute Gasteiger partial charge is 0.465 e. The van der Waals surface area contributed by atoms with Crippen molar-refractivity contribution in [3.63, 3.8) is 0 Å². The molecule has 0 atom stereocenters. The summed E-state index contributed by atoms with van der Waals surface area (Å²) in [6.45, 7) is 9.28. The highest BCUT2D eigenvalue weighted by Gasteiger charge is 2.34. The number of morpholine rings is 1. The van der Waals surface area contributed by atoms with Crippen molar-refractivity contribution in [2.75, 3.05) is 51.8 Å². The summed E-state index contributed by atoms with van der Waals surface area (Å²) in [5.41, 5.74) is 1.01. The second-order valence-electron chi connectivity index (χ2n) is 7.42. The molecule has 27 heavy (non-hydrogen) atoms. The number of hydrogen-bond acceptors (Lipinski definition) is 6. The first-order valence-electron chi connectivity index (χ1n) is 9.22. The van der Waals surface area contributed by atoms with Crippen molar-refractivity contribution in [3.8, 4) is 0 Å². The number of methoxy groups -OCH3 is 1. The number of thiophene rings is 1. The summed E-state index contributed by atoms with van der Waals surface area (Å²) in [5, 5.41) is 6.21. The van der Waals surface area contributed by atoms with Crippen LogP contribution >= 0.6 is 11.3 Å². The number of carbonyl (C=O) groups is 2. The minimum absolute atomic E-state index is 0.313. The van der Waals surface area contributed by atoms with Crippen molar-refractivity contribution >= 4 is 28.3 Å². The van der Waals surface area contributed by atoms with Crippen molar-refractivity contribution in [2.45, 2.75) is 32.5 Å². The number of quaternary nitrogens is 1. The van der Waals surface area contributed by atoms with Crippen LogP contribution in [0.1, 0.15) is 34.6 Å². The van der Waals surface area contributed by atoms with Gasteiger partial charge in [0.15, 0.2) is 0 Å². The number of carbonyl (C=O) groups excluding carboxylic acids is 2. The lowest BCUT2D eigenvalue weighted by Crippen LogP contribution is -3.14. The molecule has 1 fully saturated rings. The molecule has 150 valence electrons. The van der Waals surface area contributed by atoms with E-state index in [-0.39, 0.29) is 11.6 Å². The zero-order valence-corrected chi connectivity index (χ0v) is 16.9. The Morgan fingerprint density at radius 3 is 2.74 bits per heavy atom. The minimum Gasteiger partial charge on any atom is -0.465 e. The number of rotatable bonds is 5. The smallest absolute Gasteiger partial charge is 0.341 e. The van der Waals surface area contributed by atoms with Gasteiger partial charge in [-0.3, -0.25) is 5.32 Å². The average molecular weight is 399 g/mol. The molecule has 3 rings (SSSR count). The van der Waals surface area contributed by atoms with Gasteiger partial charge in [-0.15, -0.1) is 11.3 Å². The van der Waals surface area contributed by atoms with Gasteiger partial charge in [-0.25, -0.2) is 9.59 Å². The molecule has 3 N–H and O–H groups in total. The third kappa shape index (κ3) is 4.98. The molecule has 0 bridgehead atoms. The summed E-state index contributed by atoms with van der Waals surface area (Å²) in [6.07, 6.45) is 0.604. The molecule has 2 aliphatic rings. The van der Waals surface area contributed by atoms with Crippen LogP contribution in [0.25, 0.3) is 0 Å². The van der Waals surface area contributed by atoms with Gasteiger partial charge in [-0.05, 0) is 19.4 Å². The number of ether oxygens (including phenoxy) is 3. The molecule has 0 saturated carbocycles. The van der Waals surface area contributed by atoms with Crippen LogP contribution in [0.4, 0.5) is 9.80 Å². The Hall–Kier alpha value is -1.68. The van der Waals surface area contributed by atoms with Gasteiger partial charge in [-0.2, -0.15) is 0 Å². The van der Waals surface area contributed by atoms with E-state index in [9.17, 15) is 9.59 Å². The van der Waals surface area contributed by atoms with E-state index < -0.39 is 5.97 Å². The molecular weight excluding hydrogens is 370 g/mol. The number of esters is 1. The summed E-state index contributed by atoms with van der Waals surface area (Å²) in [6, 6.07) is -0.313. The molecule has 8 nitrogen and oxygen atoms in total. The Balaban J connectivity index is 1.64. The monoisotopic (exact) mass is 398 g/mol. The lowest BCUT2D eigenvalue weighted by molar-refractivity contribution is -0.906. The highest BCUT2D eigenvalue weighted by molar-refractivity contribution is 7.17. The number of anilines is 1. The Bertz CT molecular complexity index is 697. The van der Waals surface area contributed by atoms with Gasteiger partial charge in [-0.1, -0.05) is 0 Å². The Labute approximate surface area is 163 Å². The predicted octanol–water partition coefficient (Wildman–Crippen LogP) is 0.423. The fraction of sp³-hybridized carbons (Fsp3) is 0.667. The maximum atomic E-state index is 12.3. The van der Waals surface area contributed by atoms with Crippen molar-refractivity contribution in [2.24, 2.45) is 0 Å². The summed E-state index contributed by atoms with van der Waals surface area (Å²) < 4.78 is 16.1. The molecule has 0 aliphatic carbocycles. The molecule has 0 unspecified atom stereocenters. The lowest BCUT2D eigenvalue weighted by atomic mass is 9.93. The Morgan fingerprint density at radius 1 is 1.30 bits per heavy atom. The van der Waals surface area contributed by atoms with E-state index >= 15 is 0 Å². The summed E-state index contributed by atoms with van der Waals surface area (Å²) in [7, 11) is 1.35. The van der Waals surface area contributed by atoms with E-state index in [0.29, 0.717) is 30.1 Å². The molecule has 9 heteroatoms. The van der Waals surface area contributed by atoms with E-state index in [2.05, 4.69) is 10.6 Å². The second kappa shape index (κ2) is 8.55. The number of hydrogen-bond donors (Lipinski definition) is 3. The van der Waals surface area contributed by atoms with Gasteiger partial charge < -0.3 is 24.4 Å². The van der Waals surface area contributed by atoms with Gasteiger partial charge in [0.1, 0.15) is 18.1 Å². The molecular formula is C18H28N3O5S+. The van der Waals surface area contributed by atoms with E-state index in [0.717, 1.165) is 43.3 Å². The van der Waals surface area contributed by atoms with E-state index in [4.69, 9.17) is 14.2 Å². The van der Waals surface area contributed by atoms with E-state index in [1.54, 1.807) is 0 Å². The van der Waals surface area contributed by atoms with Gasteiger partial charge in [0.05, 0.1) is 51.2 Å². The summed E-state index contributed by atoms with van der Waals surface area (Å²) >= 11 is 1.38. The minimum atomic E-state index is -0.432. The van der Waals surface area contributed by atoms with Crippen LogP contribution in [-0.4, -0.2) is 64.1 Å². The molecule has 1 aromatic heterocycles. The maximum absolute atomic E-state index is 12.3. The molecule has 0 spiro atoms. The first-order chi connectivity index (χ1) is 12.9. The number of fused-ring (bicyclic) bond motifs is 1. The summed E-state index contributed by atoms with van der Waals surface area (Å²) in [5.74, 6) is -0.432. The molecule has 2 amide bonds. The quantitative estimate of drug-likeness (QED) is 0.626. The zero-order valence-electron chi connectivity index (χ0n) is 16.1. The van der Waals surface area contributed by atoms with Crippen molar-refractivity contribution in [3.05, 3.63) is 16.0 Å². The van der Waals surface area contributed by atoms with Gasteiger partial charge >= 0.3 is 12.0 Å². The highest BCUT2D eigenvalue weighted by atomic mass is 32.1. The van der Waals surface area contributed by atoms with Crippen molar-refractivity contribution < 1.29 is 28.7 Å². The topological polar surface area (TPSA) is 90.3 Å². The maximum Gasteiger partial charge on any atom is 0.341 e. The first-order valence-corrected chi connectivity index (χ1v) is 10.0. The van der Waals surface area contributed by atoms with Gasteiger partial charge in [0.25, 0.3) is 0 Å². The average Bonchev–Trinajstić information content (AvgIpc) is 2.97. The van der Waals surface area contributed by atoms with Crippen LogP contribution < -0.4 is 15.5 Å². The van der Waals surface area contributed by atoms with E-state index in [1.807, 2.05) is 13.8 Å².